The molecule has 1 aliphatic carbocycles. The second-order valence-electron chi connectivity index (χ2n) is 7.94. The molecule has 0 aliphatic heterocycles. The van der Waals surface area contributed by atoms with Gasteiger partial charge in [-0.1, -0.05) is 26.7 Å². The molecule has 1 fully saturated rings. The molecule has 0 aromatic heterocycles. The van der Waals surface area contributed by atoms with Crippen LogP contribution in [0.15, 0.2) is 0 Å². The molecule has 21 heavy (non-hydrogen) atoms. The number of rotatable bonds is 4. The van der Waals surface area contributed by atoms with Crippen LogP contribution in [0.25, 0.3) is 0 Å². The maximum atomic E-state index is 12.3. The molecule has 0 radical (unpaired) electrons. The number of carbonyl (C=O) groups excluding carboxylic acids is 1. The van der Waals surface area contributed by atoms with E-state index in [2.05, 4.69) is 24.5 Å². The van der Waals surface area contributed by atoms with Crippen molar-refractivity contribution >= 4 is 12.0 Å². The van der Waals surface area contributed by atoms with Gasteiger partial charge in [-0.15, -0.1) is 0 Å². The van der Waals surface area contributed by atoms with Gasteiger partial charge >= 0.3 is 12.0 Å². The second-order valence-corrected chi connectivity index (χ2v) is 7.94. The predicted molar refractivity (Wildman–Crippen MR) is 83.2 cm³/mol. The van der Waals surface area contributed by atoms with Gasteiger partial charge in [0.15, 0.2) is 0 Å². The average Bonchev–Trinajstić information content (AvgIpc) is 2.30. The SMILES string of the molecule is CC1(C)CCCCC1NC(=O)NC(C)(C)C(C)(C)C(=O)O. The van der Waals surface area contributed by atoms with Crippen molar-refractivity contribution in [1.29, 1.82) is 0 Å². The molecule has 5 nitrogen and oxygen atoms in total. The van der Waals surface area contributed by atoms with E-state index in [0.717, 1.165) is 19.3 Å². The molecule has 0 aromatic carbocycles. The van der Waals surface area contributed by atoms with Crippen molar-refractivity contribution in [2.75, 3.05) is 0 Å². The lowest BCUT2D eigenvalue weighted by molar-refractivity contribution is -0.150. The lowest BCUT2D eigenvalue weighted by Gasteiger charge is -2.42. The molecular weight excluding hydrogens is 268 g/mol. The molecule has 1 unspecified atom stereocenters. The van der Waals surface area contributed by atoms with Crippen LogP contribution in [0, 0.1) is 10.8 Å². The van der Waals surface area contributed by atoms with E-state index in [1.165, 1.54) is 6.42 Å². The monoisotopic (exact) mass is 298 g/mol. The number of hydrogen-bond donors (Lipinski definition) is 3. The molecule has 1 aliphatic rings. The van der Waals surface area contributed by atoms with Crippen LogP contribution in [-0.4, -0.2) is 28.7 Å². The molecule has 0 spiro atoms. The van der Waals surface area contributed by atoms with Gasteiger partial charge in [0.05, 0.1) is 11.0 Å². The highest BCUT2D eigenvalue weighted by atomic mass is 16.4. The van der Waals surface area contributed by atoms with Gasteiger partial charge in [0.2, 0.25) is 0 Å². The van der Waals surface area contributed by atoms with E-state index in [1.54, 1.807) is 27.7 Å². The predicted octanol–water partition coefficient (Wildman–Crippen LogP) is 3.14. The van der Waals surface area contributed by atoms with Crippen LogP contribution in [0.1, 0.15) is 67.2 Å². The number of amides is 2. The van der Waals surface area contributed by atoms with E-state index < -0.39 is 16.9 Å². The summed E-state index contributed by atoms with van der Waals surface area (Å²) in [7, 11) is 0. The van der Waals surface area contributed by atoms with Crippen LogP contribution in [-0.2, 0) is 4.79 Å². The molecule has 0 aromatic rings. The Labute approximate surface area is 127 Å². The average molecular weight is 298 g/mol. The maximum absolute atomic E-state index is 12.3. The Morgan fingerprint density at radius 3 is 2.19 bits per heavy atom. The molecule has 1 atom stereocenters. The molecular formula is C16H30N2O3. The van der Waals surface area contributed by atoms with Crippen molar-refractivity contribution < 1.29 is 14.7 Å². The summed E-state index contributed by atoms with van der Waals surface area (Å²) in [6, 6.07) is -0.149. The van der Waals surface area contributed by atoms with Crippen molar-refractivity contribution in [1.82, 2.24) is 10.6 Å². The zero-order chi connectivity index (χ0) is 16.5. The molecule has 1 saturated carbocycles. The van der Waals surface area contributed by atoms with Gasteiger partial charge in [0.25, 0.3) is 0 Å². The van der Waals surface area contributed by atoms with Gasteiger partial charge in [0.1, 0.15) is 0 Å². The quantitative estimate of drug-likeness (QED) is 0.746. The first-order chi connectivity index (χ1) is 9.40. The van der Waals surface area contributed by atoms with Gasteiger partial charge in [-0.3, -0.25) is 4.79 Å². The number of hydrogen-bond acceptors (Lipinski definition) is 2. The summed E-state index contributed by atoms with van der Waals surface area (Å²) in [6.45, 7) is 11.1. The first kappa shape index (κ1) is 17.8. The normalized spacial score (nSPS) is 22.5. The Hall–Kier alpha value is -1.26. The number of carbonyl (C=O) groups is 2. The Morgan fingerprint density at radius 2 is 1.71 bits per heavy atom. The van der Waals surface area contributed by atoms with Crippen LogP contribution in [0.4, 0.5) is 4.79 Å². The number of carboxylic acid groups (broad SMARTS) is 1. The number of carboxylic acids is 1. The molecule has 3 N–H and O–H groups in total. The van der Waals surface area contributed by atoms with Crippen molar-refractivity contribution in [3.05, 3.63) is 0 Å². The van der Waals surface area contributed by atoms with Crippen LogP contribution >= 0.6 is 0 Å². The standard InChI is InChI=1S/C16H30N2O3/c1-14(2)10-8-7-9-11(14)17-13(21)18-16(5,6)15(3,4)12(19)20/h11H,7-10H2,1-6H3,(H,19,20)(H2,17,18,21). The fraction of sp³-hybridized carbons (Fsp3) is 0.875. The second kappa shape index (κ2) is 5.85. The van der Waals surface area contributed by atoms with Gasteiger partial charge in [0, 0.05) is 6.04 Å². The van der Waals surface area contributed by atoms with Gasteiger partial charge in [-0.05, 0) is 46.0 Å². The van der Waals surface area contributed by atoms with E-state index in [-0.39, 0.29) is 17.5 Å². The lowest BCUT2D eigenvalue weighted by atomic mass is 9.73. The van der Waals surface area contributed by atoms with Crippen LogP contribution < -0.4 is 10.6 Å². The summed E-state index contributed by atoms with van der Waals surface area (Å²) < 4.78 is 0. The first-order valence-corrected chi connectivity index (χ1v) is 7.72. The zero-order valence-electron chi connectivity index (χ0n) is 14.2. The minimum absolute atomic E-state index is 0.0854. The highest BCUT2D eigenvalue weighted by Crippen LogP contribution is 2.35. The number of urea groups is 1. The topological polar surface area (TPSA) is 78.4 Å². The van der Waals surface area contributed by atoms with Gasteiger partial charge in [-0.25, -0.2) is 4.79 Å². The minimum atomic E-state index is -1.05. The smallest absolute Gasteiger partial charge is 0.315 e. The largest absolute Gasteiger partial charge is 0.481 e. The van der Waals surface area contributed by atoms with E-state index >= 15 is 0 Å². The van der Waals surface area contributed by atoms with E-state index in [1.807, 2.05) is 0 Å². The summed E-state index contributed by atoms with van der Waals surface area (Å²) in [5.41, 5.74) is -1.81. The van der Waals surface area contributed by atoms with E-state index in [9.17, 15) is 14.7 Å². The summed E-state index contributed by atoms with van der Waals surface area (Å²) in [5, 5.41) is 15.2. The molecule has 122 valence electrons. The molecule has 0 heterocycles. The molecule has 0 bridgehead atoms. The summed E-state index contributed by atoms with van der Waals surface area (Å²) in [6.07, 6.45) is 4.40. The molecule has 2 amide bonds. The summed E-state index contributed by atoms with van der Waals surface area (Å²) >= 11 is 0. The van der Waals surface area contributed by atoms with Crippen molar-refractivity contribution in [3.63, 3.8) is 0 Å². The van der Waals surface area contributed by atoms with Crippen molar-refractivity contribution in [2.45, 2.75) is 78.8 Å². The van der Waals surface area contributed by atoms with Crippen LogP contribution in [0.2, 0.25) is 0 Å². The zero-order valence-corrected chi connectivity index (χ0v) is 14.2. The lowest BCUT2D eigenvalue weighted by Crippen LogP contribution is -2.61. The summed E-state index contributed by atoms with van der Waals surface area (Å²) in [4.78, 5) is 23.6. The minimum Gasteiger partial charge on any atom is -0.481 e. The Kier molecular flexibility index (Phi) is 4.96. The van der Waals surface area contributed by atoms with Crippen LogP contribution in [0.3, 0.4) is 0 Å². The van der Waals surface area contributed by atoms with Crippen molar-refractivity contribution in [2.24, 2.45) is 10.8 Å². The molecule has 5 heteroatoms. The third-order valence-electron chi connectivity index (χ3n) is 5.34. The summed E-state index contributed by atoms with van der Waals surface area (Å²) in [5.74, 6) is -0.925. The number of nitrogens with one attached hydrogen (secondary N) is 2. The number of aliphatic carboxylic acids is 1. The highest BCUT2D eigenvalue weighted by Gasteiger charge is 2.45. The van der Waals surface area contributed by atoms with Crippen molar-refractivity contribution in [3.8, 4) is 0 Å². The first-order valence-electron chi connectivity index (χ1n) is 7.72. The van der Waals surface area contributed by atoms with E-state index in [0.29, 0.717) is 0 Å². The third-order valence-corrected chi connectivity index (χ3v) is 5.34. The Balaban J connectivity index is 2.71. The fourth-order valence-corrected chi connectivity index (χ4v) is 2.66. The van der Waals surface area contributed by atoms with Gasteiger partial charge < -0.3 is 15.7 Å². The van der Waals surface area contributed by atoms with Crippen LogP contribution in [0.5, 0.6) is 0 Å². The molecule has 1 rings (SSSR count). The van der Waals surface area contributed by atoms with Gasteiger partial charge in [-0.2, -0.15) is 0 Å². The molecule has 0 saturated heterocycles. The maximum Gasteiger partial charge on any atom is 0.315 e. The Bertz CT molecular complexity index is 414. The van der Waals surface area contributed by atoms with E-state index in [4.69, 9.17) is 0 Å². The highest BCUT2D eigenvalue weighted by molar-refractivity contribution is 5.79. The fourth-order valence-electron chi connectivity index (χ4n) is 2.66. The third kappa shape index (κ3) is 3.89. The Morgan fingerprint density at radius 1 is 1.14 bits per heavy atom.